The first-order chi connectivity index (χ1) is 8.19. The molecule has 0 aliphatic rings. The van der Waals surface area contributed by atoms with Crippen LogP contribution in [0.15, 0.2) is 18.2 Å². The summed E-state index contributed by atoms with van der Waals surface area (Å²) in [5.41, 5.74) is 2.95. The van der Waals surface area contributed by atoms with E-state index in [1.54, 1.807) is 13.2 Å². The molecule has 0 aliphatic carbocycles. The molecule has 0 bridgehead atoms. The van der Waals surface area contributed by atoms with Crippen molar-refractivity contribution in [3.63, 3.8) is 0 Å². The lowest BCUT2D eigenvalue weighted by Gasteiger charge is -2.16. The van der Waals surface area contributed by atoms with Crippen molar-refractivity contribution in [1.82, 2.24) is 5.43 Å². The molecule has 1 aromatic rings. The first-order valence-corrected chi connectivity index (χ1v) is 5.57. The predicted octanol–water partition coefficient (Wildman–Crippen LogP) is 1.77. The zero-order chi connectivity index (χ0) is 12.7. The minimum Gasteiger partial charge on any atom is -0.385 e. The summed E-state index contributed by atoms with van der Waals surface area (Å²) in [5.74, 6) is 3.77. The van der Waals surface area contributed by atoms with Gasteiger partial charge in [0.25, 0.3) is 0 Å². The Morgan fingerprint density at radius 2 is 2.18 bits per heavy atom. The normalized spacial score (nSPS) is 12.7. The highest BCUT2D eigenvalue weighted by Crippen LogP contribution is 2.14. The number of halogens is 2. The molecule has 1 aromatic carbocycles. The van der Waals surface area contributed by atoms with Gasteiger partial charge in [0, 0.05) is 19.8 Å². The molecule has 3 N–H and O–H groups in total. The van der Waals surface area contributed by atoms with Gasteiger partial charge < -0.3 is 4.74 Å². The monoisotopic (exact) mass is 244 g/mol. The van der Waals surface area contributed by atoms with Crippen molar-refractivity contribution in [2.45, 2.75) is 25.3 Å². The van der Waals surface area contributed by atoms with Gasteiger partial charge >= 0.3 is 0 Å². The molecule has 1 unspecified atom stereocenters. The Balaban J connectivity index is 2.57. The van der Waals surface area contributed by atoms with Gasteiger partial charge in [-0.25, -0.2) is 8.78 Å². The summed E-state index contributed by atoms with van der Waals surface area (Å²) >= 11 is 0. The highest BCUT2D eigenvalue weighted by molar-refractivity contribution is 5.19. The molecule has 0 aliphatic heterocycles. The molecule has 1 atom stereocenters. The molecule has 0 spiro atoms. The van der Waals surface area contributed by atoms with Crippen LogP contribution in [0.1, 0.15) is 18.4 Å². The zero-order valence-electron chi connectivity index (χ0n) is 9.88. The molecule has 96 valence electrons. The summed E-state index contributed by atoms with van der Waals surface area (Å²) < 4.78 is 31.3. The van der Waals surface area contributed by atoms with Crippen molar-refractivity contribution >= 4 is 0 Å². The quantitative estimate of drug-likeness (QED) is 0.436. The molecule has 17 heavy (non-hydrogen) atoms. The Kier molecular flexibility index (Phi) is 6.04. The van der Waals surface area contributed by atoms with Crippen molar-refractivity contribution in [1.29, 1.82) is 0 Å². The van der Waals surface area contributed by atoms with E-state index in [0.717, 1.165) is 18.9 Å². The third-order valence-electron chi connectivity index (χ3n) is 2.63. The van der Waals surface area contributed by atoms with Gasteiger partial charge in [0.05, 0.1) is 0 Å². The summed E-state index contributed by atoms with van der Waals surface area (Å²) in [6.45, 7) is 0.629. The number of hydrogen-bond acceptors (Lipinski definition) is 3. The van der Waals surface area contributed by atoms with Crippen molar-refractivity contribution in [2.24, 2.45) is 5.84 Å². The number of rotatable bonds is 7. The SMILES string of the molecule is COCCCC(Cc1cccc(F)c1F)NN. The van der Waals surface area contributed by atoms with Gasteiger partial charge in [-0.2, -0.15) is 0 Å². The van der Waals surface area contributed by atoms with E-state index in [-0.39, 0.29) is 6.04 Å². The Hall–Kier alpha value is -1.04. The molecule has 0 heterocycles. The van der Waals surface area contributed by atoms with Gasteiger partial charge in [0.1, 0.15) is 0 Å². The smallest absolute Gasteiger partial charge is 0.162 e. The second-order valence-corrected chi connectivity index (χ2v) is 3.92. The van der Waals surface area contributed by atoms with E-state index in [2.05, 4.69) is 5.43 Å². The maximum Gasteiger partial charge on any atom is 0.162 e. The van der Waals surface area contributed by atoms with E-state index in [0.29, 0.717) is 18.6 Å². The molecule has 0 aromatic heterocycles. The summed E-state index contributed by atoms with van der Waals surface area (Å²) in [4.78, 5) is 0. The summed E-state index contributed by atoms with van der Waals surface area (Å²) in [5, 5.41) is 0. The van der Waals surface area contributed by atoms with Crippen molar-refractivity contribution in [2.75, 3.05) is 13.7 Å². The Morgan fingerprint density at radius 3 is 2.82 bits per heavy atom. The number of benzene rings is 1. The van der Waals surface area contributed by atoms with Crippen LogP contribution in [-0.4, -0.2) is 19.8 Å². The van der Waals surface area contributed by atoms with Gasteiger partial charge in [-0.05, 0) is 30.9 Å². The summed E-state index contributed by atoms with van der Waals surface area (Å²) in [6.07, 6.45) is 1.94. The number of nitrogens with one attached hydrogen (secondary N) is 1. The molecule has 0 radical (unpaired) electrons. The highest BCUT2D eigenvalue weighted by Gasteiger charge is 2.13. The van der Waals surface area contributed by atoms with Gasteiger partial charge in [-0.1, -0.05) is 12.1 Å². The van der Waals surface area contributed by atoms with Gasteiger partial charge in [0.15, 0.2) is 11.6 Å². The minimum atomic E-state index is -0.824. The number of ether oxygens (including phenoxy) is 1. The van der Waals surface area contributed by atoms with E-state index in [1.165, 1.54) is 6.07 Å². The highest BCUT2D eigenvalue weighted by atomic mass is 19.2. The molecular formula is C12H18F2N2O. The molecule has 3 nitrogen and oxygen atoms in total. The second kappa shape index (κ2) is 7.32. The van der Waals surface area contributed by atoms with E-state index in [9.17, 15) is 8.78 Å². The van der Waals surface area contributed by atoms with Crippen LogP contribution in [0.3, 0.4) is 0 Å². The van der Waals surface area contributed by atoms with Crippen LogP contribution in [0.4, 0.5) is 8.78 Å². The second-order valence-electron chi connectivity index (χ2n) is 3.92. The van der Waals surface area contributed by atoms with Crippen LogP contribution in [0.2, 0.25) is 0 Å². The van der Waals surface area contributed by atoms with Crippen LogP contribution in [0.25, 0.3) is 0 Å². The van der Waals surface area contributed by atoms with Crippen LogP contribution in [-0.2, 0) is 11.2 Å². The Bertz CT molecular complexity index is 347. The number of hydrogen-bond donors (Lipinski definition) is 2. The maximum atomic E-state index is 13.4. The lowest BCUT2D eigenvalue weighted by Crippen LogP contribution is -2.37. The zero-order valence-corrected chi connectivity index (χ0v) is 9.88. The first-order valence-electron chi connectivity index (χ1n) is 5.57. The van der Waals surface area contributed by atoms with Crippen molar-refractivity contribution in [3.8, 4) is 0 Å². The average molecular weight is 244 g/mol. The van der Waals surface area contributed by atoms with Crippen LogP contribution in [0.5, 0.6) is 0 Å². The number of nitrogens with two attached hydrogens (primary N) is 1. The summed E-state index contributed by atoms with van der Waals surface area (Å²) in [7, 11) is 1.62. The summed E-state index contributed by atoms with van der Waals surface area (Å²) in [6, 6.07) is 4.09. The number of hydrazine groups is 1. The number of methoxy groups -OCH3 is 1. The minimum absolute atomic E-state index is 0.0820. The standard InChI is InChI=1S/C12H18F2N2O/c1-17-7-3-5-10(16-15)8-9-4-2-6-11(13)12(9)14/h2,4,6,10,16H,3,5,7-8,15H2,1H3. The van der Waals surface area contributed by atoms with Crippen LogP contribution in [0, 0.1) is 11.6 Å². The molecule has 0 saturated heterocycles. The van der Waals surface area contributed by atoms with Crippen LogP contribution >= 0.6 is 0 Å². The molecule has 5 heteroatoms. The molecule has 1 rings (SSSR count). The molecule has 0 fully saturated rings. The first kappa shape index (κ1) is 14.0. The fourth-order valence-corrected chi connectivity index (χ4v) is 1.69. The Morgan fingerprint density at radius 1 is 1.41 bits per heavy atom. The van der Waals surface area contributed by atoms with E-state index < -0.39 is 11.6 Å². The lowest BCUT2D eigenvalue weighted by atomic mass is 10.0. The van der Waals surface area contributed by atoms with Crippen molar-refractivity contribution < 1.29 is 13.5 Å². The molecular weight excluding hydrogens is 226 g/mol. The van der Waals surface area contributed by atoms with Gasteiger partial charge in [-0.15, -0.1) is 0 Å². The van der Waals surface area contributed by atoms with Crippen molar-refractivity contribution in [3.05, 3.63) is 35.4 Å². The van der Waals surface area contributed by atoms with E-state index in [4.69, 9.17) is 10.6 Å². The molecule has 0 amide bonds. The van der Waals surface area contributed by atoms with E-state index in [1.807, 2.05) is 0 Å². The predicted molar refractivity (Wildman–Crippen MR) is 62.3 cm³/mol. The van der Waals surface area contributed by atoms with Crippen LogP contribution < -0.4 is 11.3 Å². The fraction of sp³-hybridized carbons (Fsp3) is 0.500. The average Bonchev–Trinajstić information content (AvgIpc) is 2.33. The van der Waals surface area contributed by atoms with E-state index >= 15 is 0 Å². The fourth-order valence-electron chi connectivity index (χ4n) is 1.69. The molecule has 0 saturated carbocycles. The Labute approximate surface area is 99.9 Å². The van der Waals surface area contributed by atoms with Gasteiger partial charge in [0.2, 0.25) is 0 Å². The third kappa shape index (κ3) is 4.38. The largest absolute Gasteiger partial charge is 0.385 e. The maximum absolute atomic E-state index is 13.4. The third-order valence-corrected chi connectivity index (χ3v) is 2.63. The van der Waals surface area contributed by atoms with Gasteiger partial charge in [-0.3, -0.25) is 11.3 Å². The lowest BCUT2D eigenvalue weighted by molar-refractivity contribution is 0.188. The topological polar surface area (TPSA) is 47.3 Å².